The van der Waals surface area contributed by atoms with Gasteiger partial charge in [0.05, 0.1) is 0 Å². The lowest BCUT2D eigenvalue weighted by atomic mass is 10.1. The van der Waals surface area contributed by atoms with Crippen molar-refractivity contribution in [3.05, 3.63) is 29.6 Å². The van der Waals surface area contributed by atoms with E-state index in [1.165, 1.54) is 18.2 Å². The minimum absolute atomic E-state index is 0.0495. The van der Waals surface area contributed by atoms with Crippen LogP contribution in [-0.4, -0.2) is 48.9 Å². The standard InChI is InChI=1S/C14H19FN2OS/c1-9-7-17(8-12(9)16(2)3)14(18)10-4-5-11(15)13(19)6-10/h4-6,9,12,19H,7-8H2,1-3H3. The van der Waals surface area contributed by atoms with Crippen LogP contribution >= 0.6 is 12.6 Å². The molecular weight excluding hydrogens is 263 g/mol. The van der Waals surface area contributed by atoms with Gasteiger partial charge in [-0.15, -0.1) is 12.6 Å². The highest BCUT2D eigenvalue weighted by atomic mass is 32.1. The summed E-state index contributed by atoms with van der Waals surface area (Å²) < 4.78 is 13.2. The Labute approximate surface area is 118 Å². The fourth-order valence-corrected chi connectivity index (χ4v) is 2.83. The fourth-order valence-electron chi connectivity index (χ4n) is 2.62. The Morgan fingerprint density at radius 1 is 1.42 bits per heavy atom. The lowest BCUT2D eigenvalue weighted by molar-refractivity contribution is 0.0781. The number of likely N-dealkylation sites (N-methyl/N-ethyl adjacent to an activating group) is 1. The summed E-state index contributed by atoms with van der Waals surface area (Å²) in [7, 11) is 4.05. The molecule has 1 heterocycles. The van der Waals surface area contributed by atoms with E-state index in [0.29, 0.717) is 24.1 Å². The highest BCUT2D eigenvalue weighted by Crippen LogP contribution is 2.23. The molecule has 1 amide bonds. The van der Waals surface area contributed by atoms with Gasteiger partial charge in [-0.2, -0.15) is 0 Å². The van der Waals surface area contributed by atoms with E-state index in [1.54, 1.807) is 0 Å². The molecular formula is C14H19FN2OS. The first kappa shape index (κ1) is 14.3. The Kier molecular flexibility index (Phi) is 4.16. The summed E-state index contributed by atoms with van der Waals surface area (Å²) in [5.74, 6) is -0.0118. The molecule has 1 aliphatic rings. The van der Waals surface area contributed by atoms with Gasteiger partial charge in [0.1, 0.15) is 5.82 Å². The molecule has 19 heavy (non-hydrogen) atoms. The third-order valence-electron chi connectivity index (χ3n) is 3.72. The number of benzene rings is 1. The molecule has 3 nitrogen and oxygen atoms in total. The van der Waals surface area contributed by atoms with Crippen LogP contribution in [0.5, 0.6) is 0 Å². The Morgan fingerprint density at radius 2 is 2.11 bits per heavy atom. The average Bonchev–Trinajstić information content (AvgIpc) is 2.74. The van der Waals surface area contributed by atoms with Crippen LogP contribution in [0.3, 0.4) is 0 Å². The van der Waals surface area contributed by atoms with Crippen molar-refractivity contribution in [2.24, 2.45) is 5.92 Å². The zero-order chi connectivity index (χ0) is 14.2. The van der Waals surface area contributed by atoms with E-state index in [9.17, 15) is 9.18 Å². The maximum absolute atomic E-state index is 13.2. The van der Waals surface area contributed by atoms with Gasteiger partial charge >= 0.3 is 0 Å². The van der Waals surface area contributed by atoms with E-state index in [1.807, 2.05) is 19.0 Å². The van der Waals surface area contributed by atoms with Crippen molar-refractivity contribution >= 4 is 18.5 Å². The Balaban J connectivity index is 2.15. The van der Waals surface area contributed by atoms with Crippen LogP contribution < -0.4 is 0 Å². The average molecular weight is 282 g/mol. The monoisotopic (exact) mass is 282 g/mol. The third kappa shape index (κ3) is 2.92. The second-order valence-corrected chi connectivity index (χ2v) is 5.87. The number of amides is 1. The SMILES string of the molecule is CC1CN(C(=O)c2ccc(F)c(S)c2)CC1N(C)C. The molecule has 1 aromatic rings. The molecule has 104 valence electrons. The normalized spacial score (nSPS) is 23.2. The molecule has 0 aliphatic carbocycles. The van der Waals surface area contributed by atoms with Crippen molar-refractivity contribution in [2.75, 3.05) is 27.2 Å². The summed E-state index contributed by atoms with van der Waals surface area (Å²) in [5, 5.41) is 0. The van der Waals surface area contributed by atoms with E-state index in [4.69, 9.17) is 0 Å². The smallest absolute Gasteiger partial charge is 0.253 e. The maximum Gasteiger partial charge on any atom is 0.253 e. The molecule has 0 N–H and O–H groups in total. The molecule has 1 fully saturated rings. The van der Waals surface area contributed by atoms with Crippen LogP contribution in [0, 0.1) is 11.7 Å². The summed E-state index contributed by atoms with van der Waals surface area (Å²) >= 11 is 4.02. The van der Waals surface area contributed by atoms with Gasteiger partial charge in [-0.3, -0.25) is 4.79 Å². The number of thiol groups is 1. The number of carbonyl (C=O) groups is 1. The minimum Gasteiger partial charge on any atom is -0.337 e. The first-order valence-corrected chi connectivity index (χ1v) is 6.79. The van der Waals surface area contributed by atoms with E-state index < -0.39 is 5.82 Å². The number of halogens is 1. The molecule has 0 radical (unpaired) electrons. The molecule has 2 rings (SSSR count). The number of hydrogen-bond acceptors (Lipinski definition) is 3. The van der Waals surface area contributed by atoms with Crippen LogP contribution in [-0.2, 0) is 0 Å². The number of likely N-dealkylation sites (tertiary alicyclic amines) is 1. The zero-order valence-electron chi connectivity index (χ0n) is 11.4. The van der Waals surface area contributed by atoms with Gasteiger partial charge in [-0.1, -0.05) is 6.92 Å². The van der Waals surface area contributed by atoms with Crippen LogP contribution in [0.2, 0.25) is 0 Å². The van der Waals surface area contributed by atoms with Crippen molar-refractivity contribution in [3.63, 3.8) is 0 Å². The number of nitrogens with zero attached hydrogens (tertiary/aromatic N) is 2. The van der Waals surface area contributed by atoms with Gasteiger partial charge in [0.25, 0.3) is 5.91 Å². The van der Waals surface area contributed by atoms with Crippen LogP contribution in [0.25, 0.3) is 0 Å². The Hall–Kier alpha value is -1.07. The van der Waals surface area contributed by atoms with E-state index in [2.05, 4.69) is 24.5 Å². The molecule has 0 saturated carbocycles. The van der Waals surface area contributed by atoms with Gasteiger partial charge in [0.2, 0.25) is 0 Å². The molecule has 5 heteroatoms. The van der Waals surface area contributed by atoms with Gasteiger partial charge in [-0.25, -0.2) is 4.39 Å². The third-order valence-corrected chi connectivity index (χ3v) is 4.06. The maximum atomic E-state index is 13.2. The van der Waals surface area contributed by atoms with Crippen molar-refractivity contribution < 1.29 is 9.18 Å². The van der Waals surface area contributed by atoms with Crippen molar-refractivity contribution in [1.29, 1.82) is 0 Å². The zero-order valence-corrected chi connectivity index (χ0v) is 12.3. The highest BCUT2D eigenvalue weighted by molar-refractivity contribution is 7.80. The summed E-state index contributed by atoms with van der Waals surface area (Å²) in [6, 6.07) is 4.68. The van der Waals surface area contributed by atoms with Gasteiger partial charge in [0.15, 0.2) is 0 Å². The molecule has 0 bridgehead atoms. The quantitative estimate of drug-likeness (QED) is 0.840. The number of hydrogen-bond donors (Lipinski definition) is 1. The largest absolute Gasteiger partial charge is 0.337 e. The van der Waals surface area contributed by atoms with Gasteiger partial charge < -0.3 is 9.80 Å². The summed E-state index contributed by atoms with van der Waals surface area (Å²) in [4.78, 5) is 16.6. The molecule has 1 aliphatic heterocycles. The van der Waals surface area contributed by atoms with Gasteiger partial charge in [0, 0.05) is 29.6 Å². The predicted octanol–water partition coefficient (Wildman–Crippen LogP) is 2.14. The minimum atomic E-state index is -0.402. The molecule has 1 aromatic carbocycles. The van der Waals surface area contributed by atoms with E-state index in [0.717, 1.165) is 6.54 Å². The topological polar surface area (TPSA) is 23.6 Å². The van der Waals surface area contributed by atoms with Crippen LogP contribution in [0.1, 0.15) is 17.3 Å². The Bertz CT molecular complexity index is 492. The first-order chi connectivity index (χ1) is 8.90. The second-order valence-electron chi connectivity index (χ2n) is 5.38. The second kappa shape index (κ2) is 5.51. The molecule has 1 saturated heterocycles. The van der Waals surface area contributed by atoms with Crippen LogP contribution in [0.15, 0.2) is 23.1 Å². The van der Waals surface area contributed by atoms with Crippen molar-refractivity contribution in [3.8, 4) is 0 Å². The lowest BCUT2D eigenvalue weighted by Crippen LogP contribution is -2.35. The van der Waals surface area contributed by atoms with Crippen molar-refractivity contribution in [2.45, 2.75) is 17.9 Å². The fraction of sp³-hybridized carbons (Fsp3) is 0.500. The first-order valence-electron chi connectivity index (χ1n) is 6.34. The molecule has 2 unspecified atom stereocenters. The summed E-state index contributed by atoms with van der Waals surface area (Å²) in [6.45, 7) is 3.60. The van der Waals surface area contributed by atoms with Gasteiger partial charge in [-0.05, 0) is 38.2 Å². The predicted molar refractivity (Wildman–Crippen MR) is 76.2 cm³/mol. The summed E-state index contributed by atoms with van der Waals surface area (Å²) in [6.07, 6.45) is 0. The molecule has 0 spiro atoms. The van der Waals surface area contributed by atoms with Crippen LogP contribution in [0.4, 0.5) is 4.39 Å². The Morgan fingerprint density at radius 3 is 2.63 bits per heavy atom. The van der Waals surface area contributed by atoms with E-state index in [-0.39, 0.29) is 10.8 Å². The molecule has 0 aromatic heterocycles. The van der Waals surface area contributed by atoms with Crippen molar-refractivity contribution in [1.82, 2.24) is 9.80 Å². The highest BCUT2D eigenvalue weighted by Gasteiger charge is 2.33. The lowest BCUT2D eigenvalue weighted by Gasteiger charge is -2.22. The number of carbonyl (C=O) groups excluding carboxylic acids is 1. The number of rotatable bonds is 2. The summed E-state index contributed by atoms with van der Waals surface area (Å²) in [5.41, 5.74) is 0.498. The molecule has 2 atom stereocenters. The van der Waals surface area contributed by atoms with E-state index >= 15 is 0 Å².